The Balaban J connectivity index is 1.83. The van der Waals surface area contributed by atoms with Gasteiger partial charge in [0.25, 0.3) is 11.8 Å². The average molecular weight is 221 g/mol. The van der Waals surface area contributed by atoms with Gasteiger partial charge in [0, 0.05) is 18.7 Å². The van der Waals surface area contributed by atoms with Crippen LogP contribution in [0.1, 0.15) is 39.0 Å². The van der Waals surface area contributed by atoms with E-state index in [-0.39, 0.29) is 11.8 Å². The molecule has 1 heterocycles. The summed E-state index contributed by atoms with van der Waals surface area (Å²) in [5.41, 5.74) is 0. The van der Waals surface area contributed by atoms with Crippen LogP contribution in [0.5, 0.6) is 0 Å². The van der Waals surface area contributed by atoms with Gasteiger partial charge in [-0.05, 0) is 24.7 Å². The highest BCUT2D eigenvalue weighted by atomic mass is 16.2. The van der Waals surface area contributed by atoms with Crippen molar-refractivity contribution < 1.29 is 9.59 Å². The van der Waals surface area contributed by atoms with E-state index in [4.69, 9.17) is 0 Å². The largest absolute Gasteiger partial charge is 0.275 e. The Morgan fingerprint density at radius 3 is 2.06 bits per heavy atom. The van der Waals surface area contributed by atoms with Crippen molar-refractivity contribution in [2.45, 2.75) is 39.0 Å². The lowest BCUT2D eigenvalue weighted by Gasteiger charge is -2.30. The first kappa shape index (κ1) is 11.4. The van der Waals surface area contributed by atoms with E-state index in [1.54, 1.807) is 0 Å². The second kappa shape index (κ2) is 4.81. The zero-order valence-corrected chi connectivity index (χ0v) is 9.82. The molecule has 0 unspecified atom stereocenters. The molecule has 2 rings (SSSR count). The Labute approximate surface area is 96.5 Å². The van der Waals surface area contributed by atoms with Gasteiger partial charge in [-0.3, -0.25) is 14.5 Å². The van der Waals surface area contributed by atoms with E-state index >= 15 is 0 Å². The van der Waals surface area contributed by atoms with Crippen molar-refractivity contribution in [2.24, 2.45) is 11.8 Å². The normalized spacial score (nSPS) is 30.2. The summed E-state index contributed by atoms with van der Waals surface area (Å²) in [6, 6.07) is 0. The lowest BCUT2D eigenvalue weighted by molar-refractivity contribution is -0.137. The first-order valence-electron chi connectivity index (χ1n) is 6.24. The van der Waals surface area contributed by atoms with Crippen LogP contribution >= 0.6 is 0 Å². The monoisotopic (exact) mass is 221 g/mol. The Hall–Kier alpha value is -1.12. The molecule has 2 amide bonds. The molecule has 1 fully saturated rings. The Morgan fingerprint density at radius 1 is 1.06 bits per heavy atom. The van der Waals surface area contributed by atoms with Gasteiger partial charge in [0.1, 0.15) is 0 Å². The first-order chi connectivity index (χ1) is 7.70. The van der Waals surface area contributed by atoms with Crippen LogP contribution in [-0.2, 0) is 9.59 Å². The number of nitrogens with zero attached hydrogens (tertiary/aromatic N) is 1. The van der Waals surface area contributed by atoms with Crippen LogP contribution in [0, 0.1) is 11.8 Å². The second-order valence-corrected chi connectivity index (χ2v) is 4.92. The van der Waals surface area contributed by atoms with E-state index in [0.717, 1.165) is 18.8 Å². The van der Waals surface area contributed by atoms with E-state index in [2.05, 4.69) is 6.92 Å². The molecule has 16 heavy (non-hydrogen) atoms. The van der Waals surface area contributed by atoms with Gasteiger partial charge >= 0.3 is 0 Å². The molecule has 0 saturated heterocycles. The quantitative estimate of drug-likeness (QED) is 0.685. The van der Waals surface area contributed by atoms with Crippen molar-refractivity contribution in [1.82, 2.24) is 4.90 Å². The second-order valence-electron chi connectivity index (χ2n) is 4.92. The minimum atomic E-state index is -0.136. The molecular formula is C13H19NO2. The van der Waals surface area contributed by atoms with Gasteiger partial charge in [0.15, 0.2) is 0 Å². The van der Waals surface area contributed by atoms with E-state index in [9.17, 15) is 9.59 Å². The molecule has 0 atom stereocenters. The number of carbonyl (C=O) groups excluding carboxylic acids is 2. The van der Waals surface area contributed by atoms with Crippen LogP contribution in [0.2, 0.25) is 0 Å². The highest BCUT2D eigenvalue weighted by Gasteiger charge is 2.28. The van der Waals surface area contributed by atoms with Gasteiger partial charge in [0.2, 0.25) is 0 Å². The first-order valence-corrected chi connectivity index (χ1v) is 6.24. The van der Waals surface area contributed by atoms with Gasteiger partial charge in [0.05, 0.1) is 0 Å². The van der Waals surface area contributed by atoms with Crippen molar-refractivity contribution in [1.29, 1.82) is 0 Å². The summed E-state index contributed by atoms with van der Waals surface area (Å²) >= 11 is 0. The molecule has 3 heteroatoms. The summed E-state index contributed by atoms with van der Waals surface area (Å²) in [5.74, 6) is 1.11. The molecule has 1 saturated carbocycles. The zero-order chi connectivity index (χ0) is 11.5. The lowest BCUT2D eigenvalue weighted by atomic mass is 9.80. The fraction of sp³-hybridized carbons (Fsp3) is 0.692. The smallest absolute Gasteiger partial charge is 0.253 e. The summed E-state index contributed by atoms with van der Waals surface area (Å²) in [6.07, 6.45) is 8.84. The molecule has 3 nitrogen and oxygen atoms in total. The van der Waals surface area contributed by atoms with Crippen molar-refractivity contribution in [3.63, 3.8) is 0 Å². The fourth-order valence-corrected chi connectivity index (χ4v) is 2.69. The van der Waals surface area contributed by atoms with Gasteiger partial charge in [-0.25, -0.2) is 0 Å². The molecule has 0 radical (unpaired) electrons. The van der Waals surface area contributed by atoms with Crippen molar-refractivity contribution in [3.05, 3.63) is 12.2 Å². The fourth-order valence-electron chi connectivity index (χ4n) is 2.69. The third kappa shape index (κ3) is 2.34. The van der Waals surface area contributed by atoms with Crippen LogP contribution in [0.15, 0.2) is 12.2 Å². The minimum absolute atomic E-state index is 0.136. The zero-order valence-electron chi connectivity index (χ0n) is 9.82. The van der Waals surface area contributed by atoms with Gasteiger partial charge in [-0.15, -0.1) is 0 Å². The SMILES string of the molecule is CCC1CCC(CN2C(=O)C=CC2=O)CC1. The van der Waals surface area contributed by atoms with E-state index in [1.807, 2.05) is 0 Å². The van der Waals surface area contributed by atoms with Crippen molar-refractivity contribution >= 4 is 11.8 Å². The van der Waals surface area contributed by atoms with Gasteiger partial charge < -0.3 is 0 Å². The number of carbonyl (C=O) groups is 2. The molecule has 1 aliphatic carbocycles. The summed E-state index contributed by atoms with van der Waals surface area (Å²) in [6.45, 7) is 2.86. The molecule has 2 aliphatic rings. The Bertz CT molecular complexity index is 296. The van der Waals surface area contributed by atoms with Crippen molar-refractivity contribution in [2.75, 3.05) is 6.54 Å². The highest BCUT2D eigenvalue weighted by molar-refractivity contribution is 6.12. The average Bonchev–Trinajstić information content (AvgIpc) is 2.62. The Kier molecular flexibility index (Phi) is 3.42. The third-order valence-electron chi connectivity index (χ3n) is 3.88. The number of hydrogen-bond acceptors (Lipinski definition) is 2. The number of amides is 2. The van der Waals surface area contributed by atoms with Crippen LogP contribution < -0.4 is 0 Å². The molecular weight excluding hydrogens is 202 g/mol. The molecule has 0 aromatic rings. The molecule has 1 aliphatic heterocycles. The van der Waals surface area contributed by atoms with E-state index < -0.39 is 0 Å². The molecule has 0 spiro atoms. The minimum Gasteiger partial charge on any atom is -0.275 e. The van der Waals surface area contributed by atoms with E-state index in [0.29, 0.717) is 12.5 Å². The van der Waals surface area contributed by atoms with Gasteiger partial charge in [-0.2, -0.15) is 0 Å². The maximum absolute atomic E-state index is 11.4. The maximum atomic E-state index is 11.4. The maximum Gasteiger partial charge on any atom is 0.253 e. The molecule has 0 bridgehead atoms. The standard InChI is InChI=1S/C13H19NO2/c1-2-10-3-5-11(6-4-10)9-14-12(15)7-8-13(14)16/h7-8,10-11H,2-6,9H2,1H3. The molecule has 0 aromatic carbocycles. The predicted octanol–water partition coefficient (Wildman–Crippen LogP) is 2.13. The van der Waals surface area contributed by atoms with Gasteiger partial charge in [-0.1, -0.05) is 26.2 Å². The number of imide groups is 1. The Morgan fingerprint density at radius 2 is 1.56 bits per heavy atom. The topological polar surface area (TPSA) is 37.4 Å². The van der Waals surface area contributed by atoms with Crippen LogP contribution in [0.25, 0.3) is 0 Å². The van der Waals surface area contributed by atoms with Crippen LogP contribution in [0.3, 0.4) is 0 Å². The molecule has 88 valence electrons. The summed E-state index contributed by atoms with van der Waals surface area (Å²) in [7, 11) is 0. The number of hydrogen-bond donors (Lipinski definition) is 0. The summed E-state index contributed by atoms with van der Waals surface area (Å²) in [5, 5.41) is 0. The van der Waals surface area contributed by atoms with Crippen LogP contribution in [-0.4, -0.2) is 23.3 Å². The highest BCUT2D eigenvalue weighted by Crippen LogP contribution is 2.31. The number of rotatable bonds is 3. The lowest BCUT2D eigenvalue weighted by Crippen LogP contribution is -2.36. The molecule has 0 aromatic heterocycles. The molecule has 0 N–H and O–H groups in total. The van der Waals surface area contributed by atoms with Crippen molar-refractivity contribution in [3.8, 4) is 0 Å². The van der Waals surface area contributed by atoms with Crippen LogP contribution in [0.4, 0.5) is 0 Å². The summed E-state index contributed by atoms with van der Waals surface area (Å²) < 4.78 is 0. The predicted molar refractivity (Wildman–Crippen MR) is 61.6 cm³/mol. The third-order valence-corrected chi connectivity index (χ3v) is 3.88. The van der Waals surface area contributed by atoms with E-state index in [1.165, 1.54) is 36.3 Å². The summed E-state index contributed by atoms with van der Waals surface area (Å²) in [4.78, 5) is 24.2.